The minimum atomic E-state index is 0.884. The Kier molecular flexibility index (Phi) is 6.47. The van der Waals surface area contributed by atoms with Gasteiger partial charge in [0.05, 0.1) is 15.7 Å². The fourth-order valence-electron chi connectivity index (χ4n) is 1.58. The Labute approximate surface area is 124 Å². The van der Waals surface area contributed by atoms with Gasteiger partial charge in [0.25, 0.3) is 0 Å². The molecule has 0 fully saturated rings. The fourth-order valence-corrected chi connectivity index (χ4v) is 2.26. The highest BCUT2D eigenvalue weighted by Crippen LogP contribution is 2.15. The van der Waals surface area contributed by atoms with Crippen molar-refractivity contribution in [3.8, 4) is 0 Å². The Morgan fingerprint density at radius 3 is 2.30 bits per heavy atom. The maximum Gasteiger partial charge on any atom is 0.0812 e. The molecule has 2 N–H and O–H groups in total. The average Bonchev–Trinajstić information content (AvgIpc) is 2.96. The van der Waals surface area contributed by atoms with Crippen LogP contribution in [-0.2, 0) is 0 Å². The molecular formula is C17H20N2S. The molecule has 0 unspecified atom stereocenters. The van der Waals surface area contributed by atoms with Gasteiger partial charge in [-0.25, -0.2) is 4.98 Å². The number of anilines is 1. The molecule has 0 aliphatic rings. The van der Waals surface area contributed by atoms with Crippen molar-refractivity contribution in [1.82, 2.24) is 4.98 Å². The molecule has 3 rings (SSSR count). The van der Waals surface area contributed by atoms with Gasteiger partial charge in [0.2, 0.25) is 0 Å². The van der Waals surface area contributed by atoms with Gasteiger partial charge in [-0.3, -0.25) is 0 Å². The fraction of sp³-hybridized carbons (Fsp3) is 0.118. The number of para-hydroxylation sites is 1. The second-order valence-electron chi connectivity index (χ2n) is 4.11. The minimum Gasteiger partial charge on any atom is -0.399 e. The molecule has 2 nitrogen and oxygen atoms in total. The molecule has 3 heteroatoms. The number of aryl methyl sites for hydroxylation is 1. The molecule has 0 atom stereocenters. The largest absolute Gasteiger partial charge is 0.399 e. The van der Waals surface area contributed by atoms with Crippen LogP contribution in [0.15, 0.2) is 61.1 Å². The molecule has 3 aromatic rings. The molecule has 1 heterocycles. The number of nitrogens with zero attached hydrogens (tertiary/aromatic N) is 1. The molecule has 20 heavy (non-hydrogen) atoms. The molecular weight excluding hydrogens is 264 g/mol. The minimum absolute atomic E-state index is 0.884. The number of rotatable bonds is 0. The third-order valence-electron chi connectivity index (χ3n) is 2.88. The molecule has 0 spiro atoms. The van der Waals surface area contributed by atoms with Crippen molar-refractivity contribution in [3.63, 3.8) is 0 Å². The summed E-state index contributed by atoms with van der Waals surface area (Å²) in [6, 6.07) is 14.1. The van der Waals surface area contributed by atoms with Crippen molar-refractivity contribution in [3.05, 3.63) is 72.3 Å². The third kappa shape index (κ3) is 4.21. The Morgan fingerprint density at radius 2 is 1.70 bits per heavy atom. The lowest BCUT2D eigenvalue weighted by atomic mass is 10.1. The Morgan fingerprint density at radius 1 is 1.00 bits per heavy atom. The first-order valence-electron chi connectivity index (χ1n) is 6.28. The summed E-state index contributed by atoms with van der Waals surface area (Å²) in [5.74, 6) is 0. The van der Waals surface area contributed by atoms with Crippen molar-refractivity contribution in [1.29, 1.82) is 0 Å². The summed E-state index contributed by atoms with van der Waals surface area (Å²) in [4.78, 5) is 4.14. The van der Waals surface area contributed by atoms with Crippen LogP contribution in [0.4, 0.5) is 5.69 Å². The number of benzene rings is 2. The summed E-state index contributed by atoms with van der Waals surface area (Å²) in [6.45, 7) is 10.1. The summed E-state index contributed by atoms with van der Waals surface area (Å²) in [7, 11) is 0. The first-order valence-corrected chi connectivity index (χ1v) is 7.16. The van der Waals surface area contributed by atoms with E-state index in [9.17, 15) is 0 Å². The zero-order chi connectivity index (χ0) is 15.0. The number of fused-ring (bicyclic) bond motifs is 1. The standard InChI is InChI=1S/C8H11N.C7H5NS.C2H4/c1-6-4-3-5-8(9)7(6)2;1-2-4-7-6(3-1)8-5-9-7;1-2/h3-5H,9H2,1-2H3;1-5H;1-2H2. The molecule has 2 aromatic carbocycles. The van der Waals surface area contributed by atoms with E-state index in [-0.39, 0.29) is 0 Å². The third-order valence-corrected chi connectivity index (χ3v) is 3.69. The Bertz CT molecular complexity index is 608. The average molecular weight is 284 g/mol. The second-order valence-corrected chi connectivity index (χ2v) is 5.00. The predicted octanol–water partition coefficient (Wildman–Crippen LogP) is 4.98. The quantitative estimate of drug-likeness (QED) is 0.467. The van der Waals surface area contributed by atoms with Crippen molar-refractivity contribution in [2.24, 2.45) is 0 Å². The SMILES string of the molecule is C=C.Cc1cccc(N)c1C.c1ccc2scnc2c1. The van der Waals surface area contributed by atoms with Crippen molar-refractivity contribution in [2.45, 2.75) is 13.8 Å². The maximum atomic E-state index is 5.62. The van der Waals surface area contributed by atoms with Gasteiger partial charge in [-0.15, -0.1) is 24.5 Å². The van der Waals surface area contributed by atoms with Gasteiger partial charge in [0, 0.05) is 5.69 Å². The van der Waals surface area contributed by atoms with Crippen LogP contribution in [-0.4, -0.2) is 4.98 Å². The topological polar surface area (TPSA) is 38.9 Å². The summed E-state index contributed by atoms with van der Waals surface area (Å²) in [5, 5.41) is 0. The first-order chi connectivity index (χ1) is 9.68. The predicted molar refractivity (Wildman–Crippen MR) is 91.2 cm³/mol. The van der Waals surface area contributed by atoms with Crippen molar-refractivity contribution < 1.29 is 0 Å². The van der Waals surface area contributed by atoms with Crippen LogP contribution < -0.4 is 5.73 Å². The van der Waals surface area contributed by atoms with Gasteiger partial charge in [-0.1, -0.05) is 24.3 Å². The van der Waals surface area contributed by atoms with Gasteiger partial charge in [0.15, 0.2) is 0 Å². The zero-order valence-electron chi connectivity index (χ0n) is 12.0. The van der Waals surface area contributed by atoms with Crippen LogP contribution in [0.3, 0.4) is 0 Å². The van der Waals surface area contributed by atoms with Crippen molar-refractivity contribution >= 4 is 27.2 Å². The molecule has 0 aliphatic carbocycles. The number of hydrogen-bond acceptors (Lipinski definition) is 3. The van der Waals surface area contributed by atoms with Gasteiger partial charge in [-0.2, -0.15) is 0 Å². The molecule has 0 saturated heterocycles. The molecule has 0 bridgehead atoms. The van der Waals surface area contributed by atoms with Gasteiger partial charge < -0.3 is 5.73 Å². The van der Waals surface area contributed by atoms with E-state index in [1.165, 1.54) is 15.8 Å². The molecule has 0 amide bonds. The van der Waals surface area contributed by atoms with E-state index in [2.05, 4.69) is 37.2 Å². The van der Waals surface area contributed by atoms with E-state index in [0.717, 1.165) is 11.2 Å². The van der Waals surface area contributed by atoms with Gasteiger partial charge in [0.1, 0.15) is 0 Å². The van der Waals surface area contributed by atoms with E-state index in [0.29, 0.717) is 0 Å². The molecule has 104 valence electrons. The Hall–Kier alpha value is -2.13. The highest BCUT2D eigenvalue weighted by atomic mass is 32.1. The summed E-state index contributed by atoms with van der Waals surface area (Å²) < 4.78 is 1.26. The number of nitrogen functional groups attached to an aromatic ring is 1. The van der Waals surface area contributed by atoms with Crippen LogP contribution >= 0.6 is 11.3 Å². The van der Waals surface area contributed by atoms with Crippen molar-refractivity contribution in [2.75, 3.05) is 5.73 Å². The van der Waals surface area contributed by atoms with E-state index < -0.39 is 0 Å². The van der Waals surface area contributed by atoms with E-state index in [1.54, 1.807) is 11.3 Å². The van der Waals surface area contributed by atoms with E-state index in [1.807, 2.05) is 42.8 Å². The van der Waals surface area contributed by atoms with Crippen LogP contribution in [0.5, 0.6) is 0 Å². The maximum absolute atomic E-state index is 5.62. The van der Waals surface area contributed by atoms with Gasteiger partial charge in [-0.05, 0) is 43.2 Å². The highest BCUT2D eigenvalue weighted by Gasteiger charge is 1.92. The number of thiazole rings is 1. The second kappa shape index (κ2) is 8.12. The number of nitrogens with two attached hydrogens (primary N) is 1. The Balaban J connectivity index is 0.000000178. The number of aromatic nitrogens is 1. The molecule has 1 aromatic heterocycles. The molecule has 0 saturated carbocycles. The molecule has 0 radical (unpaired) electrons. The normalized spacial score (nSPS) is 9.10. The zero-order valence-corrected chi connectivity index (χ0v) is 12.8. The van der Waals surface area contributed by atoms with Gasteiger partial charge >= 0.3 is 0 Å². The number of hydrogen-bond donors (Lipinski definition) is 1. The van der Waals surface area contributed by atoms with E-state index >= 15 is 0 Å². The lowest BCUT2D eigenvalue weighted by Crippen LogP contribution is -1.90. The lowest BCUT2D eigenvalue weighted by Gasteiger charge is -2.00. The van der Waals surface area contributed by atoms with Crippen LogP contribution in [0, 0.1) is 13.8 Å². The summed E-state index contributed by atoms with van der Waals surface area (Å²) in [6.07, 6.45) is 0. The first kappa shape index (κ1) is 15.9. The van der Waals surface area contributed by atoms with Crippen LogP contribution in [0.25, 0.3) is 10.2 Å². The van der Waals surface area contributed by atoms with Crippen LogP contribution in [0.1, 0.15) is 11.1 Å². The monoisotopic (exact) mass is 284 g/mol. The summed E-state index contributed by atoms with van der Waals surface area (Å²) >= 11 is 1.68. The lowest BCUT2D eigenvalue weighted by molar-refractivity contribution is 1.35. The smallest absolute Gasteiger partial charge is 0.0812 e. The summed E-state index contributed by atoms with van der Waals surface area (Å²) in [5.41, 5.74) is 11.9. The van der Waals surface area contributed by atoms with Crippen LogP contribution in [0.2, 0.25) is 0 Å². The molecule has 0 aliphatic heterocycles. The highest BCUT2D eigenvalue weighted by molar-refractivity contribution is 7.16. The van der Waals surface area contributed by atoms with E-state index in [4.69, 9.17) is 5.73 Å².